The van der Waals surface area contributed by atoms with Gasteiger partial charge in [-0.25, -0.2) is 9.97 Å². The highest BCUT2D eigenvalue weighted by Gasteiger charge is 2.22. The van der Waals surface area contributed by atoms with Gasteiger partial charge in [0, 0.05) is 16.6 Å². The van der Waals surface area contributed by atoms with Crippen LogP contribution in [0, 0.1) is 6.92 Å². The van der Waals surface area contributed by atoms with E-state index in [0.29, 0.717) is 12.6 Å². The second-order valence-corrected chi connectivity index (χ2v) is 11.1. The minimum Gasteiger partial charge on any atom is -0.487 e. The Hall–Kier alpha value is -3.15. The molecule has 2 aromatic heterocycles. The highest BCUT2D eigenvalue weighted by Crippen LogP contribution is 2.36. The van der Waals surface area contributed by atoms with E-state index in [0.717, 1.165) is 48.8 Å². The lowest BCUT2D eigenvalue weighted by Crippen LogP contribution is -2.13. The molecule has 0 N–H and O–H groups in total. The monoisotopic (exact) mass is 513 g/mol. The molecule has 1 saturated carbocycles. The van der Waals surface area contributed by atoms with E-state index in [9.17, 15) is 0 Å². The molecule has 2 heterocycles. The summed E-state index contributed by atoms with van der Waals surface area (Å²) >= 11 is 7.76. The van der Waals surface area contributed by atoms with Crippen LogP contribution in [-0.2, 0) is 6.61 Å². The molecule has 0 amide bonds. The number of ether oxygens (including phenoxy) is 1. The standard InChI is InChI=1S/C30H28ClN3OS/c1-20-32-27(29(36-20)21-11-15-23(31)16-12-21)19-35-25-17-13-22(14-18-25)30-33-26-9-5-6-10-28(26)34(30)24-7-3-2-4-8-24/h5-6,9-18,24H,2-4,7-8,19H2,1H3. The molecular weight excluding hydrogens is 486 g/mol. The molecule has 0 saturated heterocycles. The molecule has 0 bridgehead atoms. The average molecular weight is 514 g/mol. The van der Waals surface area contributed by atoms with Crippen LogP contribution in [0.15, 0.2) is 72.8 Å². The quantitative estimate of drug-likeness (QED) is 0.227. The molecule has 182 valence electrons. The fourth-order valence-electron chi connectivity index (χ4n) is 5.20. The Kier molecular flexibility index (Phi) is 6.51. The summed E-state index contributed by atoms with van der Waals surface area (Å²) in [4.78, 5) is 10.9. The van der Waals surface area contributed by atoms with Crippen LogP contribution in [0.2, 0.25) is 5.02 Å². The van der Waals surface area contributed by atoms with Crippen LogP contribution < -0.4 is 4.74 Å². The lowest BCUT2D eigenvalue weighted by atomic mass is 9.95. The van der Waals surface area contributed by atoms with Gasteiger partial charge >= 0.3 is 0 Å². The number of para-hydroxylation sites is 2. The molecule has 1 fully saturated rings. The summed E-state index contributed by atoms with van der Waals surface area (Å²) in [5, 5.41) is 1.76. The largest absolute Gasteiger partial charge is 0.487 e. The number of imidazole rings is 1. The van der Waals surface area contributed by atoms with Crippen molar-refractivity contribution < 1.29 is 4.74 Å². The number of halogens is 1. The van der Waals surface area contributed by atoms with Crippen LogP contribution in [0.5, 0.6) is 5.75 Å². The predicted molar refractivity (Wildman–Crippen MR) is 149 cm³/mol. The van der Waals surface area contributed by atoms with Crippen LogP contribution in [0.4, 0.5) is 0 Å². The summed E-state index contributed by atoms with van der Waals surface area (Å²) in [5.41, 5.74) is 5.47. The van der Waals surface area contributed by atoms with E-state index >= 15 is 0 Å². The van der Waals surface area contributed by atoms with Crippen molar-refractivity contribution >= 4 is 34.0 Å². The zero-order chi connectivity index (χ0) is 24.5. The van der Waals surface area contributed by atoms with E-state index < -0.39 is 0 Å². The van der Waals surface area contributed by atoms with Gasteiger partial charge in [-0.05, 0) is 73.9 Å². The van der Waals surface area contributed by atoms with Gasteiger partial charge < -0.3 is 9.30 Å². The molecule has 0 aliphatic heterocycles. The normalized spacial score (nSPS) is 14.4. The van der Waals surface area contributed by atoms with E-state index in [-0.39, 0.29) is 0 Å². The van der Waals surface area contributed by atoms with Crippen molar-refractivity contribution in [2.24, 2.45) is 0 Å². The summed E-state index contributed by atoms with van der Waals surface area (Å²) in [7, 11) is 0. The first-order valence-corrected chi connectivity index (χ1v) is 13.8. The van der Waals surface area contributed by atoms with E-state index in [2.05, 4.69) is 41.0 Å². The van der Waals surface area contributed by atoms with Crippen LogP contribution in [0.3, 0.4) is 0 Å². The first kappa shape index (κ1) is 23.3. The van der Waals surface area contributed by atoms with Gasteiger partial charge in [0.2, 0.25) is 0 Å². The Morgan fingerprint density at radius 1 is 0.889 bits per heavy atom. The second kappa shape index (κ2) is 10.1. The zero-order valence-corrected chi connectivity index (χ0v) is 21.9. The van der Waals surface area contributed by atoms with Gasteiger partial charge in [-0.2, -0.15) is 0 Å². The van der Waals surface area contributed by atoms with Crippen LogP contribution in [0.25, 0.3) is 32.9 Å². The Balaban J connectivity index is 1.25. The van der Waals surface area contributed by atoms with Crippen molar-refractivity contribution in [3.8, 4) is 27.6 Å². The smallest absolute Gasteiger partial charge is 0.141 e. The Bertz CT molecular complexity index is 1480. The van der Waals surface area contributed by atoms with Gasteiger partial charge in [0.15, 0.2) is 0 Å². The van der Waals surface area contributed by atoms with Gasteiger partial charge in [0.1, 0.15) is 18.2 Å². The highest BCUT2D eigenvalue weighted by atomic mass is 35.5. The van der Waals surface area contributed by atoms with Gasteiger partial charge in [-0.3, -0.25) is 0 Å². The topological polar surface area (TPSA) is 39.9 Å². The number of hydrogen-bond acceptors (Lipinski definition) is 4. The maximum absolute atomic E-state index is 6.18. The Morgan fingerprint density at radius 2 is 1.61 bits per heavy atom. The molecule has 5 aromatic rings. The minimum atomic E-state index is 0.419. The number of aromatic nitrogens is 3. The summed E-state index contributed by atoms with van der Waals surface area (Å²) in [5.74, 6) is 1.88. The molecule has 6 rings (SSSR count). The van der Waals surface area contributed by atoms with Crippen molar-refractivity contribution in [3.05, 3.63) is 88.5 Å². The molecule has 1 aliphatic carbocycles. The lowest BCUT2D eigenvalue weighted by Gasteiger charge is -2.25. The van der Waals surface area contributed by atoms with E-state index in [1.807, 2.05) is 43.3 Å². The van der Waals surface area contributed by atoms with Crippen molar-refractivity contribution in [3.63, 3.8) is 0 Å². The molecule has 4 nitrogen and oxygen atoms in total. The Labute approximate surface area is 220 Å². The highest BCUT2D eigenvalue weighted by molar-refractivity contribution is 7.15. The molecule has 0 spiro atoms. The van der Waals surface area contributed by atoms with Gasteiger partial charge in [0.05, 0.1) is 26.6 Å². The van der Waals surface area contributed by atoms with Crippen LogP contribution in [-0.4, -0.2) is 14.5 Å². The first-order chi connectivity index (χ1) is 17.7. The molecule has 0 unspecified atom stereocenters. The first-order valence-electron chi connectivity index (χ1n) is 12.6. The van der Waals surface area contributed by atoms with Crippen LogP contribution >= 0.6 is 22.9 Å². The number of aryl methyl sites for hydroxylation is 1. The third kappa shape index (κ3) is 4.65. The van der Waals surface area contributed by atoms with Crippen molar-refractivity contribution in [1.29, 1.82) is 0 Å². The third-order valence-corrected chi connectivity index (χ3v) is 8.25. The molecule has 6 heteroatoms. The minimum absolute atomic E-state index is 0.419. The van der Waals surface area contributed by atoms with Crippen molar-refractivity contribution in [1.82, 2.24) is 14.5 Å². The number of nitrogens with zero attached hydrogens (tertiary/aromatic N) is 3. The predicted octanol–water partition coefficient (Wildman–Crippen LogP) is 8.87. The molecule has 0 atom stereocenters. The fraction of sp³-hybridized carbons (Fsp3) is 0.267. The maximum Gasteiger partial charge on any atom is 0.141 e. The second-order valence-electron chi connectivity index (χ2n) is 9.41. The fourth-order valence-corrected chi connectivity index (χ4v) is 6.26. The third-order valence-electron chi connectivity index (χ3n) is 6.93. The maximum atomic E-state index is 6.18. The summed E-state index contributed by atoms with van der Waals surface area (Å²) in [6, 6.07) is 25.2. The number of rotatable bonds is 6. The molecule has 3 aromatic carbocycles. The Morgan fingerprint density at radius 3 is 2.39 bits per heavy atom. The molecule has 0 radical (unpaired) electrons. The molecule has 36 heavy (non-hydrogen) atoms. The molecule has 1 aliphatic rings. The number of benzene rings is 3. The van der Waals surface area contributed by atoms with E-state index in [1.54, 1.807) is 11.3 Å². The number of fused-ring (bicyclic) bond motifs is 1. The summed E-state index contributed by atoms with van der Waals surface area (Å²) in [6.45, 7) is 2.45. The zero-order valence-electron chi connectivity index (χ0n) is 20.3. The van der Waals surface area contributed by atoms with E-state index in [4.69, 9.17) is 26.3 Å². The van der Waals surface area contributed by atoms with Crippen molar-refractivity contribution in [2.75, 3.05) is 0 Å². The number of thiazole rings is 1. The van der Waals surface area contributed by atoms with Crippen LogP contribution in [0.1, 0.15) is 48.8 Å². The van der Waals surface area contributed by atoms with Gasteiger partial charge in [-0.15, -0.1) is 11.3 Å². The average Bonchev–Trinajstić information content (AvgIpc) is 3.49. The number of hydrogen-bond donors (Lipinski definition) is 0. The van der Waals surface area contributed by atoms with Gasteiger partial charge in [0.25, 0.3) is 0 Å². The van der Waals surface area contributed by atoms with Gasteiger partial charge in [-0.1, -0.05) is 55.1 Å². The van der Waals surface area contributed by atoms with Crippen molar-refractivity contribution in [2.45, 2.75) is 51.7 Å². The van der Waals surface area contributed by atoms with E-state index in [1.165, 1.54) is 37.6 Å². The summed E-state index contributed by atoms with van der Waals surface area (Å²) < 4.78 is 8.65. The molecular formula is C30H28ClN3OS. The lowest BCUT2D eigenvalue weighted by molar-refractivity contribution is 0.302. The SMILES string of the molecule is Cc1nc(COc2ccc(-c3nc4ccccc4n3C3CCCCC3)cc2)c(-c2ccc(Cl)cc2)s1. The summed E-state index contributed by atoms with van der Waals surface area (Å²) in [6.07, 6.45) is 6.35.